The number of carbonyl (C=O) groups is 1. The number of thiazole rings is 1. The van der Waals surface area contributed by atoms with Crippen LogP contribution in [0.3, 0.4) is 0 Å². The van der Waals surface area contributed by atoms with Crippen molar-refractivity contribution in [2.24, 2.45) is 12.0 Å². The average Bonchev–Trinajstić information content (AvgIpc) is 3.00. The maximum atomic E-state index is 12.6. The van der Waals surface area contributed by atoms with Crippen molar-refractivity contribution in [3.8, 4) is 5.75 Å². The number of nitrogens with zero attached hydrogens (tertiary/aromatic N) is 2. The Morgan fingerprint density at radius 3 is 2.52 bits per heavy atom. The first kappa shape index (κ1) is 21.3. The number of ether oxygens (including phenoxy) is 1. The fourth-order valence-electron chi connectivity index (χ4n) is 2.84. The number of aryl methyl sites for hydroxylation is 1. The largest absolute Gasteiger partial charge is 0.494 e. The van der Waals surface area contributed by atoms with E-state index in [1.807, 2.05) is 0 Å². The summed E-state index contributed by atoms with van der Waals surface area (Å²) in [6.07, 6.45) is 4.46. The average molecular weight is 433 g/mol. The highest BCUT2D eigenvalue weighted by atomic mass is 32.2. The molecule has 0 spiro atoms. The van der Waals surface area contributed by atoms with Gasteiger partial charge in [0.1, 0.15) is 5.75 Å². The van der Waals surface area contributed by atoms with Crippen LogP contribution in [0, 0.1) is 0 Å². The molecule has 3 aromatic rings. The lowest BCUT2D eigenvalue weighted by Crippen LogP contribution is -2.13. The Bertz CT molecular complexity index is 1190. The summed E-state index contributed by atoms with van der Waals surface area (Å²) in [7, 11) is -1.49. The van der Waals surface area contributed by atoms with Gasteiger partial charge in [-0.3, -0.25) is 4.79 Å². The lowest BCUT2D eigenvalue weighted by molar-refractivity contribution is 0.0998. The number of aromatic nitrogens is 1. The molecular weight excluding hydrogens is 408 g/mol. The van der Waals surface area contributed by atoms with Gasteiger partial charge in [0.05, 0.1) is 21.7 Å². The van der Waals surface area contributed by atoms with E-state index in [0.29, 0.717) is 17.0 Å². The molecule has 3 rings (SSSR count). The van der Waals surface area contributed by atoms with Crippen LogP contribution in [0.15, 0.2) is 52.4 Å². The minimum absolute atomic E-state index is 0.249. The molecule has 29 heavy (non-hydrogen) atoms. The Morgan fingerprint density at radius 1 is 1.14 bits per heavy atom. The highest BCUT2D eigenvalue weighted by Crippen LogP contribution is 2.21. The zero-order valence-corrected chi connectivity index (χ0v) is 18.3. The molecule has 154 valence electrons. The first-order chi connectivity index (χ1) is 13.8. The molecule has 1 aromatic heterocycles. The molecule has 0 aliphatic rings. The van der Waals surface area contributed by atoms with E-state index < -0.39 is 9.84 Å². The predicted molar refractivity (Wildman–Crippen MR) is 115 cm³/mol. The minimum atomic E-state index is -3.29. The van der Waals surface area contributed by atoms with Gasteiger partial charge in [-0.25, -0.2) is 8.42 Å². The van der Waals surface area contributed by atoms with E-state index >= 15 is 0 Å². The minimum Gasteiger partial charge on any atom is -0.494 e. The molecule has 0 fully saturated rings. The second-order valence-corrected chi connectivity index (χ2v) is 9.87. The molecule has 8 heteroatoms. The van der Waals surface area contributed by atoms with Gasteiger partial charge in [0, 0.05) is 18.9 Å². The number of unbranched alkanes of at least 4 members (excludes halogenated alkanes) is 2. The molecule has 1 amide bonds. The summed E-state index contributed by atoms with van der Waals surface area (Å²) in [5.41, 5.74) is 1.30. The van der Waals surface area contributed by atoms with Crippen LogP contribution in [0.4, 0.5) is 0 Å². The smallest absolute Gasteiger partial charge is 0.279 e. The molecule has 0 saturated carbocycles. The van der Waals surface area contributed by atoms with Crippen molar-refractivity contribution in [2.45, 2.75) is 31.1 Å². The van der Waals surface area contributed by atoms with E-state index in [1.165, 1.54) is 17.6 Å². The first-order valence-corrected chi connectivity index (χ1v) is 12.1. The van der Waals surface area contributed by atoms with Crippen LogP contribution < -0.4 is 9.54 Å². The topological polar surface area (TPSA) is 77.7 Å². The zero-order valence-electron chi connectivity index (χ0n) is 16.7. The molecular formula is C21H24N2O4S2. The summed E-state index contributed by atoms with van der Waals surface area (Å²) in [4.78, 5) is 17.6. The molecule has 6 nitrogen and oxygen atoms in total. The maximum Gasteiger partial charge on any atom is 0.279 e. The summed E-state index contributed by atoms with van der Waals surface area (Å²) in [5.74, 6) is 0.381. The maximum absolute atomic E-state index is 12.6. The molecule has 2 aromatic carbocycles. The highest BCUT2D eigenvalue weighted by Gasteiger charge is 2.12. The lowest BCUT2D eigenvalue weighted by atomic mass is 10.2. The normalized spacial score (nSPS) is 12.4. The van der Waals surface area contributed by atoms with Gasteiger partial charge < -0.3 is 9.30 Å². The molecule has 0 radical (unpaired) electrons. The number of amides is 1. The second-order valence-electron chi connectivity index (χ2n) is 6.84. The fraction of sp³-hybridized carbons (Fsp3) is 0.333. The van der Waals surface area contributed by atoms with Crippen molar-refractivity contribution in [3.05, 3.63) is 52.8 Å². The van der Waals surface area contributed by atoms with Gasteiger partial charge in [0.2, 0.25) is 0 Å². The van der Waals surface area contributed by atoms with Crippen LogP contribution >= 0.6 is 11.3 Å². The van der Waals surface area contributed by atoms with Crippen molar-refractivity contribution in [3.63, 3.8) is 0 Å². The van der Waals surface area contributed by atoms with Gasteiger partial charge in [-0.2, -0.15) is 4.99 Å². The number of carbonyl (C=O) groups excluding carboxylic acids is 1. The number of hydrogen-bond donors (Lipinski definition) is 0. The zero-order chi connectivity index (χ0) is 21.0. The Labute approximate surface area is 174 Å². The van der Waals surface area contributed by atoms with Gasteiger partial charge in [-0.15, -0.1) is 0 Å². The van der Waals surface area contributed by atoms with E-state index in [4.69, 9.17) is 4.74 Å². The summed E-state index contributed by atoms with van der Waals surface area (Å²) in [5, 5.41) is 0. The summed E-state index contributed by atoms with van der Waals surface area (Å²) < 4.78 is 31.7. The number of fused-ring (bicyclic) bond motifs is 1. The number of sulfone groups is 1. The van der Waals surface area contributed by atoms with E-state index in [9.17, 15) is 13.2 Å². The third-order valence-corrected chi connectivity index (χ3v) is 6.73. The van der Waals surface area contributed by atoms with Gasteiger partial charge >= 0.3 is 0 Å². The quantitative estimate of drug-likeness (QED) is 0.530. The fourth-order valence-corrected chi connectivity index (χ4v) is 4.62. The summed E-state index contributed by atoms with van der Waals surface area (Å²) in [6.45, 7) is 2.81. The molecule has 0 bridgehead atoms. The van der Waals surface area contributed by atoms with Crippen LogP contribution in [0.2, 0.25) is 0 Å². The van der Waals surface area contributed by atoms with E-state index in [1.54, 1.807) is 54.1 Å². The summed E-state index contributed by atoms with van der Waals surface area (Å²) in [6, 6.07) is 11.9. The molecule has 0 unspecified atom stereocenters. The van der Waals surface area contributed by atoms with Crippen molar-refractivity contribution >= 4 is 37.3 Å². The molecule has 0 aliphatic carbocycles. The second kappa shape index (κ2) is 8.92. The summed E-state index contributed by atoms with van der Waals surface area (Å²) >= 11 is 1.28. The lowest BCUT2D eigenvalue weighted by Gasteiger charge is -2.05. The first-order valence-electron chi connectivity index (χ1n) is 9.41. The Kier molecular flexibility index (Phi) is 6.54. The molecule has 0 saturated heterocycles. The van der Waals surface area contributed by atoms with Crippen molar-refractivity contribution in [1.82, 2.24) is 4.57 Å². The number of hydrogen-bond acceptors (Lipinski definition) is 5. The predicted octanol–water partition coefficient (Wildman–Crippen LogP) is 3.95. The van der Waals surface area contributed by atoms with Crippen LogP contribution in [0.5, 0.6) is 5.75 Å². The highest BCUT2D eigenvalue weighted by molar-refractivity contribution is 7.90. The molecule has 0 atom stereocenters. The van der Waals surface area contributed by atoms with Crippen LogP contribution in [-0.4, -0.2) is 31.8 Å². The van der Waals surface area contributed by atoms with Gasteiger partial charge in [0.15, 0.2) is 14.6 Å². The third kappa shape index (κ3) is 5.13. The Balaban J connectivity index is 1.83. The Hall–Kier alpha value is -2.45. The molecule has 1 heterocycles. The van der Waals surface area contributed by atoms with Crippen molar-refractivity contribution in [1.29, 1.82) is 0 Å². The SMILES string of the molecule is CCCCCOc1ccc(C(=O)N=c2sc3cc(S(C)(=O)=O)ccc3n2C)cc1. The van der Waals surface area contributed by atoms with E-state index in [2.05, 4.69) is 11.9 Å². The monoisotopic (exact) mass is 432 g/mol. The molecule has 0 aliphatic heterocycles. The third-order valence-electron chi connectivity index (χ3n) is 4.52. The van der Waals surface area contributed by atoms with Crippen molar-refractivity contribution < 1.29 is 17.9 Å². The standard InChI is InChI=1S/C21H24N2O4S2/c1-4-5-6-13-27-16-9-7-15(8-10-16)20(24)22-21-23(2)18-12-11-17(29(3,25)26)14-19(18)28-21/h7-12,14H,4-6,13H2,1-3H3. The van der Waals surface area contributed by atoms with Crippen LogP contribution in [0.1, 0.15) is 36.5 Å². The van der Waals surface area contributed by atoms with Gasteiger partial charge in [0.25, 0.3) is 5.91 Å². The van der Waals surface area contributed by atoms with Gasteiger partial charge in [-0.1, -0.05) is 31.1 Å². The van der Waals surface area contributed by atoms with E-state index in [-0.39, 0.29) is 10.8 Å². The molecule has 0 N–H and O–H groups in total. The van der Waals surface area contributed by atoms with Crippen LogP contribution in [-0.2, 0) is 16.9 Å². The number of rotatable bonds is 7. The van der Waals surface area contributed by atoms with Crippen molar-refractivity contribution in [2.75, 3.05) is 12.9 Å². The van der Waals surface area contributed by atoms with E-state index in [0.717, 1.165) is 35.2 Å². The Morgan fingerprint density at radius 2 is 1.86 bits per heavy atom. The number of benzene rings is 2. The van der Waals surface area contributed by atoms with Gasteiger partial charge in [-0.05, 0) is 48.9 Å². The van der Waals surface area contributed by atoms with Crippen LogP contribution in [0.25, 0.3) is 10.2 Å².